The number of hydrogen-bond acceptors (Lipinski definition) is 2. The van der Waals surface area contributed by atoms with Crippen molar-refractivity contribution in [2.45, 2.75) is 19.4 Å². The van der Waals surface area contributed by atoms with Crippen LogP contribution in [0.3, 0.4) is 0 Å². The Hall–Kier alpha value is -1.06. The number of nitrogens with zero attached hydrogens (tertiary/aromatic N) is 1. The first-order chi connectivity index (χ1) is 7.58. The van der Waals surface area contributed by atoms with Gasteiger partial charge in [0, 0.05) is 19.1 Å². The van der Waals surface area contributed by atoms with E-state index in [2.05, 4.69) is 0 Å². The third kappa shape index (κ3) is 2.20. The summed E-state index contributed by atoms with van der Waals surface area (Å²) >= 11 is 6.06. The topological polar surface area (TPSA) is 46.3 Å². The lowest BCUT2D eigenvalue weighted by atomic mass is 10.1. The smallest absolute Gasteiger partial charge is 0.255 e. The van der Waals surface area contributed by atoms with Gasteiger partial charge in [-0.1, -0.05) is 17.7 Å². The first kappa shape index (κ1) is 11.4. The minimum atomic E-state index is -0.0158. The first-order valence-corrected chi connectivity index (χ1v) is 5.76. The van der Waals surface area contributed by atoms with E-state index in [-0.39, 0.29) is 11.9 Å². The minimum absolute atomic E-state index is 0.0158. The zero-order valence-electron chi connectivity index (χ0n) is 9.24. The van der Waals surface area contributed by atoms with Crippen molar-refractivity contribution in [3.05, 3.63) is 34.3 Å². The lowest BCUT2D eigenvalue weighted by molar-refractivity contribution is 0.0791. The number of carbonyl (C=O) groups excluding carboxylic acids is 1. The highest BCUT2D eigenvalue weighted by Gasteiger charge is 2.25. The van der Waals surface area contributed by atoms with Gasteiger partial charge in [-0.15, -0.1) is 0 Å². The third-order valence-electron chi connectivity index (χ3n) is 2.87. The molecule has 3 nitrogen and oxygen atoms in total. The van der Waals surface area contributed by atoms with Gasteiger partial charge < -0.3 is 10.6 Å². The molecule has 2 N–H and O–H groups in total. The summed E-state index contributed by atoms with van der Waals surface area (Å²) in [6, 6.07) is 5.59. The molecule has 86 valence electrons. The van der Waals surface area contributed by atoms with E-state index < -0.39 is 0 Å². The van der Waals surface area contributed by atoms with Gasteiger partial charge >= 0.3 is 0 Å². The average Bonchev–Trinajstić information content (AvgIpc) is 2.64. The summed E-state index contributed by atoms with van der Waals surface area (Å²) in [4.78, 5) is 13.9. The van der Waals surface area contributed by atoms with Crippen molar-refractivity contribution in [1.29, 1.82) is 0 Å². The molecule has 1 aliphatic heterocycles. The zero-order chi connectivity index (χ0) is 11.7. The fourth-order valence-electron chi connectivity index (χ4n) is 1.94. The molecule has 1 heterocycles. The molecule has 1 aromatic carbocycles. The highest BCUT2D eigenvalue weighted by atomic mass is 35.5. The largest absolute Gasteiger partial charge is 0.337 e. The maximum absolute atomic E-state index is 12.1. The van der Waals surface area contributed by atoms with Crippen molar-refractivity contribution in [3.8, 4) is 0 Å². The molecule has 1 atom stereocenters. The van der Waals surface area contributed by atoms with Crippen LogP contribution < -0.4 is 5.73 Å². The number of benzene rings is 1. The molecule has 4 heteroatoms. The predicted molar refractivity (Wildman–Crippen MR) is 64.7 cm³/mol. The number of aryl methyl sites for hydroxylation is 1. The molecule has 16 heavy (non-hydrogen) atoms. The molecule has 0 aromatic heterocycles. The van der Waals surface area contributed by atoms with Gasteiger partial charge in [-0.3, -0.25) is 4.79 Å². The van der Waals surface area contributed by atoms with Crippen LogP contribution in [0.2, 0.25) is 5.02 Å². The maximum atomic E-state index is 12.1. The van der Waals surface area contributed by atoms with E-state index in [1.807, 2.05) is 19.1 Å². The molecule has 1 aromatic rings. The zero-order valence-corrected chi connectivity index (χ0v) is 10.00. The number of nitrogens with two attached hydrogens (primary N) is 1. The highest BCUT2D eigenvalue weighted by molar-refractivity contribution is 6.33. The summed E-state index contributed by atoms with van der Waals surface area (Å²) in [6.07, 6.45) is 0.870. The van der Waals surface area contributed by atoms with E-state index in [1.165, 1.54) is 0 Å². The molecule has 1 fully saturated rings. The van der Waals surface area contributed by atoms with Gasteiger partial charge in [0.15, 0.2) is 0 Å². The van der Waals surface area contributed by atoms with Crippen LogP contribution in [0.4, 0.5) is 0 Å². The number of rotatable bonds is 1. The van der Waals surface area contributed by atoms with Crippen molar-refractivity contribution in [1.82, 2.24) is 4.90 Å². The number of hydrogen-bond donors (Lipinski definition) is 1. The van der Waals surface area contributed by atoms with Crippen molar-refractivity contribution >= 4 is 17.5 Å². The second kappa shape index (κ2) is 4.44. The number of likely N-dealkylation sites (tertiary alicyclic amines) is 1. The van der Waals surface area contributed by atoms with Crippen LogP contribution in [-0.2, 0) is 0 Å². The van der Waals surface area contributed by atoms with Crippen LogP contribution in [0.25, 0.3) is 0 Å². The lowest BCUT2D eigenvalue weighted by Crippen LogP contribution is -2.32. The Morgan fingerprint density at radius 2 is 2.31 bits per heavy atom. The molecule has 1 saturated heterocycles. The molecule has 1 amide bonds. The Bertz CT molecular complexity index is 419. The average molecular weight is 239 g/mol. The fourth-order valence-corrected chi connectivity index (χ4v) is 2.25. The Morgan fingerprint density at radius 1 is 1.56 bits per heavy atom. The molecule has 0 aliphatic carbocycles. The van der Waals surface area contributed by atoms with Crippen LogP contribution in [0.1, 0.15) is 22.3 Å². The van der Waals surface area contributed by atoms with Crippen LogP contribution in [0, 0.1) is 6.92 Å². The molecule has 2 rings (SSSR count). The summed E-state index contributed by atoms with van der Waals surface area (Å²) in [5.41, 5.74) is 7.40. The molecule has 0 radical (unpaired) electrons. The van der Waals surface area contributed by atoms with Gasteiger partial charge in [-0.25, -0.2) is 0 Å². The monoisotopic (exact) mass is 238 g/mol. The second-order valence-electron chi connectivity index (χ2n) is 4.28. The van der Waals surface area contributed by atoms with E-state index >= 15 is 0 Å². The van der Waals surface area contributed by atoms with E-state index in [0.717, 1.165) is 18.5 Å². The fraction of sp³-hybridized carbons (Fsp3) is 0.417. The molecular formula is C12H15ClN2O. The lowest BCUT2D eigenvalue weighted by Gasteiger charge is -2.16. The predicted octanol–water partition coefficient (Wildman–Crippen LogP) is 1.82. The van der Waals surface area contributed by atoms with Crippen molar-refractivity contribution in [2.75, 3.05) is 13.1 Å². The Kier molecular flexibility index (Phi) is 3.17. The van der Waals surface area contributed by atoms with Crippen LogP contribution in [0.5, 0.6) is 0 Å². The van der Waals surface area contributed by atoms with Gasteiger partial charge in [-0.05, 0) is 31.0 Å². The molecule has 0 spiro atoms. The number of amides is 1. The summed E-state index contributed by atoms with van der Waals surface area (Å²) in [5, 5.41) is 0.519. The Labute approximate surface area is 100 Å². The second-order valence-corrected chi connectivity index (χ2v) is 4.69. The Morgan fingerprint density at radius 3 is 2.88 bits per heavy atom. The van der Waals surface area contributed by atoms with E-state index in [1.54, 1.807) is 11.0 Å². The maximum Gasteiger partial charge on any atom is 0.255 e. The van der Waals surface area contributed by atoms with E-state index in [9.17, 15) is 4.79 Å². The highest BCUT2D eigenvalue weighted by Crippen LogP contribution is 2.21. The van der Waals surface area contributed by atoms with Gasteiger partial charge in [0.2, 0.25) is 0 Å². The van der Waals surface area contributed by atoms with Crippen molar-refractivity contribution in [2.24, 2.45) is 5.73 Å². The van der Waals surface area contributed by atoms with Crippen LogP contribution in [0.15, 0.2) is 18.2 Å². The molecule has 0 bridgehead atoms. The molecular weight excluding hydrogens is 224 g/mol. The molecule has 0 unspecified atom stereocenters. The van der Waals surface area contributed by atoms with Gasteiger partial charge in [0.1, 0.15) is 0 Å². The quantitative estimate of drug-likeness (QED) is 0.811. The normalized spacial score (nSPS) is 20.2. The van der Waals surface area contributed by atoms with Gasteiger partial charge in [-0.2, -0.15) is 0 Å². The van der Waals surface area contributed by atoms with Gasteiger partial charge in [0.05, 0.1) is 10.6 Å². The summed E-state index contributed by atoms with van der Waals surface area (Å²) in [7, 11) is 0. The van der Waals surface area contributed by atoms with Crippen LogP contribution in [-0.4, -0.2) is 29.9 Å². The third-order valence-corrected chi connectivity index (χ3v) is 3.18. The standard InChI is InChI=1S/C12H15ClN2O/c1-8-2-3-10(11(13)6-8)12(16)15-5-4-9(14)7-15/h2-3,6,9H,4-5,7,14H2,1H3/t9-/m0/s1. The van der Waals surface area contributed by atoms with Crippen molar-refractivity contribution in [3.63, 3.8) is 0 Å². The van der Waals surface area contributed by atoms with E-state index in [4.69, 9.17) is 17.3 Å². The van der Waals surface area contributed by atoms with Crippen LogP contribution >= 0.6 is 11.6 Å². The Balaban J connectivity index is 2.21. The summed E-state index contributed by atoms with van der Waals surface area (Å²) in [5.74, 6) is -0.0158. The number of carbonyl (C=O) groups is 1. The van der Waals surface area contributed by atoms with E-state index in [0.29, 0.717) is 17.1 Å². The van der Waals surface area contributed by atoms with Gasteiger partial charge in [0.25, 0.3) is 5.91 Å². The first-order valence-electron chi connectivity index (χ1n) is 5.39. The minimum Gasteiger partial charge on any atom is -0.337 e. The molecule has 0 saturated carbocycles. The summed E-state index contributed by atoms with van der Waals surface area (Å²) < 4.78 is 0. The molecule has 1 aliphatic rings. The summed E-state index contributed by atoms with van der Waals surface area (Å²) in [6.45, 7) is 3.30. The number of halogens is 1. The van der Waals surface area contributed by atoms with Crippen molar-refractivity contribution < 1.29 is 4.79 Å². The SMILES string of the molecule is Cc1ccc(C(=O)N2CC[C@H](N)C2)c(Cl)c1.